The zero-order valence-corrected chi connectivity index (χ0v) is 13.1. The Morgan fingerprint density at radius 3 is 1.78 bits per heavy atom. The fourth-order valence-corrected chi connectivity index (χ4v) is 1.92. The van der Waals surface area contributed by atoms with Crippen molar-refractivity contribution in [3.8, 4) is 0 Å². The highest BCUT2D eigenvalue weighted by Crippen LogP contribution is 2.06. The number of amides is 2. The Morgan fingerprint density at radius 1 is 0.826 bits per heavy atom. The van der Waals surface area contributed by atoms with E-state index in [9.17, 15) is 19.2 Å². The first-order valence-electron chi connectivity index (χ1n) is 7.52. The largest absolute Gasteiger partial charge is 0.481 e. The molecule has 0 rings (SSSR count). The first-order valence-corrected chi connectivity index (χ1v) is 7.52. The van der Waals surface area contributed by atoms with Crippen molar-refractivity contribution in [2.75, 3.05) is 0 Å². The number of carboxylic acids is 3. The van der Waals surface area contributed by atoms with Crippen molar-refractivity contribution in [2.45, 2.75) is 64.0 Å². The van der Waals surface area contributed by atoms with Gasteiger partial charge in [-0.3, -0.25) is 4.79 Å². The lowest BCUT2D eigenvalue weighted by molar-refractivity contribution is -0.140. The van der Waals surface area contributed by atoms with Crippen LogP contribution in [-0.4, -0.2) is 51.3 Å². The normalized spacial score (nSPS) is 12.9. The molecule has 2 amide bonds. The predicted octanol–water partition coefficient (Wildman–Crippen LogP) is 1.03. The van der Waals surface area contributed by atoms with E-state index in [0.29, 0.717) is 6.42 Å². The molecule has 0 aromatic heterocycles. The number of nitrogens with one attached hydrogen (secondary N) is 2. The van der Waals surface area contributed by atoms with E-state index in [-0.39, 0.29) is 12.8 Å². The Hall–Kier alpha value is -2.32. The number of carbonyl (C=O) groups is 4. The molecule has 0 aromatic carbocycles. The Morgan fingerprint density at radius 2 is 1.35 bits per heavy atom. The smallest absolute Gasteiger partial charge is 0.326 e. The minimum atomic E-state index is -1.39. The first-order chi connectivity index (χ1) is 10.8. The molecule has 0 saturated carbocycles. The van der Waals surface area contributed by atoms with Gasteiger partial charge < -0.3 is 26.0 Å². The van der Waals surface area contributed by atoms with Gasteiger partial charge >= 0.3 is 23.9 Å². The minimum absolute atomic E-state index is 0.246. The SMILES string of the molecule is CCCCCC[C@H](NC(=O)N[C@@H](CCC(=O)O)C(=O)O)C(=O)O. The highest BCUT2D eigenvalue weighted by atomic mass is 16.4. The molecule has 0 aliphatic carbocycles. The van der Waals surface area contributed by atoms with Crippen molar-refractivity contribution in [3.05, 3.63) is 0 Å². The van der Waals surface area contributed by atoms with Crippen LogP contribution >= 0.6 is 0 Å². The van der Waals surface area contributed by atoms with Crippen LogP contribution in [0.5, 0.6) is 0 Å². The molecule has 0 radical (unpaired) electrons. The number of hydrogen-bond acceptors (Lipinski definition) is 4. The molecule has 5 N–H and O–H groups in total. The van der Waals surface area contributed by atoms with E-state index in [2.05, 4.69) is 10.6 Å². The topological polar surface area (TPSA) is 153 Å². The molecule has 0 aromatic rings. The van der Waals surface area contributed by atoms with Crippen LogP contribution in [-0.2, 0) is 14.4 Å². The molecule has 0 aliphatic rings. The van der Waals surface area contributed by atoms with Gasteiger partial charge in [-0.05, 0) is 12.8 Å². The zero-order chi connectivity index (χ0) is 17.8. The quantitative estimate of drug-likeness (QED) is 0.334. The van der Waals surface area contributed by atoms with Gasteiger partial charge in [0.25, 0.3) is 0 Å². The van der Waals surface area contributed by atoms with Gasteiger partial charge in [-0.2, -0.15) is 0 Å². The second-order valence-electron chi connectivity index (χ2n) is 5.18. The van der Waals surface area contributed by atoms with Crippen molar-refractivity contribution in [1.29, 1.82) is 0 Å². The van der Waals surface area contributed by atoms with Gasteiger partial charge in [0.15, 0.2) is 0 Å². The lowest BCUT2D eigenvalue weighted by atomic mass is 10.1. The maximum absolute atomic E-state index is 11.7. The second kappa shape index (κ2) is 11.3. The van der Waals surface area contributed by atoms with E-state index in [1.807, 2.05) is 6.92 Å². The summed E-state index contributed by atoms with van der Waals surface area (Å²) in [4.78, 5) is 44.2. The fourth-order valence-electron chi connectivity index (χ4n) is 1.92. The highest BCUT2D eigenvalue weighted by molar-refractivity contribution is 5.86. The van der Waals surface area contributed by atoms with E-state index in [4.69, 9.17) is 15.3 Å². The van der Waals surface area contributed by atoms with Gasteiger partial charge in [0.05, 0.1) is 0 Å². The lowest BCUT2D eigenvalue weighted by Gasteiger charge is -2.18. The third kappa shape index (κ3) is 10.1. The van der Waals surface area contributed by atoms with Gasteiger partial charge in [0.2, 0.25) is 0 Å². The minimum Gasteiger partial charge on any atom is -0.481 e. The number of hydrogen-bond donors (Lipinski definition) is 5. The van der Waals surface area contributed by atoms with Crippen LogP contribution in [0.4, 0.5) is 4.79 Å². The first kappa shape index (κ1) is 20.7. The van der Waals surface area contributed by atoms with Crippen LogP contribution in [0, 0.1) is 0 Å². The lowest BCUT2D eigenvalue weighted by Crippen LogP contribution is -2.51. The number of urea groups is 1. The maximum atomic E-state index is 11.7. The number of rotatable bonds is 12. The van der Waals surface area contributed by atoms with Crippen LogP contribution in [0.2, 0.25) is 0 Å². The van der Waals surface area contributed by atoms with Gasteiger partial charge in [0.1, 0.15) is 12.1 Å². The third-order valence-electron chi connectivity index (χ3n) is 3.20. The van der Waals surface area contributed by atoms with Crippen molar-refractivity contribution in [2.24, 2.45) is 0 Å². The van der Waals surface area contributed by atoms with Crippen LogP contribution in [0.1, 0.15) is 51.9 Å². The summed E-state index contributed by atoms with van der Waals surface area (Å²) in [6.07, 6.45) is 2.98. The number of carboxylic acid groups (broad SMARTS) is 3. The van der Waals surface area contributed by atoms with E-state index >= 15 is 0 Å². The molecule has 2 atom stereocenters. The monoisotopic (exact) mass is 332 g/mol. The summed E-state index contributed by atoms with van der Waals surface area (Å²) < 4.78 is 0. The molecule has 0 spiro atoms. The van der Waals surface area contributed by atoms with Crippen LogP contribution in [0.15, 0.2) is 0 Å². The van der Waals surface area contributed by atoms with Crippen molar-refractivity contribution in [1.82, 2.24) is 10.6 Å². The summed E-state index contributed by atoms with van der Waals surface area (Å²) in [6, 6.07) is -3.44. The fraction of sp³-hybridized carbons (Fsp3) is 0.714. The summed E-state index contributed by atoms with van der Waals surface area (Å²) in [7, 11) is 0. The van der Waals surface area contributed by atoms with Crippen molar-refractivity contribution < 1.29 is 34.5 Å². The summed E-state index contributed by atoms with van der Waals surface area (Å²) in [5.41, 5.74) is 0. The number of unbranched alkanes of at least 4 members (excludes halogenated alkanes) is 3. The standard InChI is InChI=1S/C14H24N2O7/c1-2-3-4-5-6-9(12(19)20)15-14(23)16-10(13(21)22)7-8-11(17)18/h9-10H,2-8H2,1H3,(H,17,18)(H,19,20)(H,21,22)(H2,15,16,23)/t9-,10-/m0/s1. The molecule has 0 aliphatic heterocycles. The predicted molar refractivity (Wildman–Crippen MR) is 80.1 cm³/mol. The number of carbonyl (C=O) groups excluding carboxylic acids is 1. The zero-order valence-electron chi connectivity index (χ0n) is 13.1. The maximum Gasteiger partial charge on any atom is 0.326 e. The Labute approximate surface area is 134 Å². The Balaban J connectivity index is 4.44. The summed E-state index contributed by atoms with van der Waals surface area (Å²) in [5, 5.41) is 30.8. The van der Waals surface area contributed by atoms with Gasteiger partial charge in [0, 0.05) is 6.42 Å². The highest BCUT2D eigenvalue weighted by Gasteiger charge is 2.24. The average Bonchev–Trinajstić information content (AvgIpc) is 2.45. The second-order valence-corrected chi connectivity index (χ2v) is 5.18. The molecule has 23 heavy (non-hydrogen) atoms. The molecule has 132 valence electrons. The van der Waals surface area contributed by atoms with E-state index in [1.54, 1.807) is 0 Å². The molecule has 0 unspecified atom stereocenters. The van der Waals surface area contributed by atoms with E-state index in [1.165, 1.54) is 0 Å². The van der Waals surface area contributed by atoms with Crippen molar-refractivity contribution >= 4 is 23.9 Å². The molecule has 9 heteroatoms. The number of aliphatic carboxylic acids is 3. The van der Waals surface area contributed by atoms with Gasteiger partial charge in [-0.15, -0.1) is 0 Å². The summed E-state index contributed by atoms with van der Waals surface area (Å²) >= 11 is 0. The summed E-state index contributed by atoms with van der Waals surface area (Å²) in [6.45, 7) is 2.02. The van der Waals surface area contributed by atoms with Gasteiger partial charge in [-0.1, -0.05) is 32.6 Å². The molecule has 0 saturated heterocycles. The van der Waals surface area contributed by atoms with Crippen molar-refractivity contribution in [3.63, 3.8) is 0 Å². The summed E-state index contributed by atoms with van der Waals surface area (Å²) in [5.74, 6) is -3.76. The molecule has 0 heterocycles. The van der Waals surface area contributed by atoms with Crippen LogP contribution < -0.4 is 10.6 Å². The third-order valence-corrected chi connectivity index (χ3v) is 3.20. The van der Waals surface area contributed by atoms with Gasteiger partial charge in [-0.25, -0.2) is 14.4 Å². The molecule has 9 nitrogen and oxygen atoms in total. The average molecular weight is 332 g/mol. The van der Waals surface area contributed by atoms with E-state index < -0.39 is 42.4 Å². The molecule has 0 fully saturated rings. The molecular weight excluding hydrogens is 308 g/mol. The Bertz CT molecular complexity index is 425. The van der Waals surface area contributed by atoms with Crippen LogP contribution in [0.25, 0.3) is 0 Å². The van der Waals surface area contributed by atoms with E-state index in [0.717, 1.165) is 19.3 Å². The Kier molecular flexibility index (Phi) is 10.1. The van der Waals surface area contributed by atoms with Crippen LogP contribution in [0.3, 0.4) is 0 Å². The molecule has 0 bridgehead atoms. The molecular formula is C14H24N2O7.